The van der Waals surface area contributed by atoms with Gasteiger partial charge >= 0.3 is 6.03 Å². The molecule has 134 valence electrons. The highest BCUT2D eigenvalue weighted by Gasteiger charge is 2.38. The minimum absolute atomic E-state index is 0.00921. The van der Waals surface area contributed by atoms with Crippen molar-refractivity contribution in [3.8, 4) is 0 Å². The average Bonchev–Trinajstić information content (AvgIpc) is 3.18. The Morgan fingerprint density at radius 3 is 2.62 bits per heavy atom. The summed E-state index contributed by atoms with van der Waals surface area (Å²) in [5.74, 6) is -0.123. The number of piperidine rings is 1. The second-order valence-corrected chi connectivity index (χ2v) is 6.72. The molecule has 3 fully saturated rings. The fourth-order valence-corrected chi connectivity index (χ4v) is 3.85. The van der Waals surface area contributed by atoms with E-state index in [9.17, 15) is 14.4 Å². The zero-order valence-electron chi connectivity index (χ0n) is 14.2. The van der Waals surface area contributed by atoms with Gasteiger partial charge in [0.25, 0.3) is 0 Å². The third-order valence-electron chi connectivity index (χ3n) is 5.24. The van der Waals surface area contributed by atoms with Gasteiger partial charge in [0.1, 0.15) is 0 Å². The third kappa shape index (κ3) is 3.48. The first-order valence-corrected chi connectivity index (χ1v) is 8.70. The van der Waals surface area contributed by atoms with Crippen LogP contribution in [0.1, 0.15) is 19.3 Å². The van der Waals surface area contributed by atoms with Crippen molar-refractivity contribution in [2.75, 3.05) is 53.0 Å². The van der Waals surface area contributed by atoms with E-state index in [-0.39, 0.29) is 29.8 Å². The van der Waals surface area contributed by atoms with Gasteiger partial charge in [-0.3, -0.25) is 9.59 Å². The fourth-order valence-electron chi connectivity index (χ4n) is 3.85. The standard InChI is InChI=1S/C16H26N4O4/c1-24-9-8-19-11-12(10-14(19)21)15(22)18-5-2-13(3-6-18)20-7-4-17-16(20)23/h12-13H,2-11H2,1H3,(H,17,23). The van der Waals surface area contributed by atoms with Gasteiger partial charge in [-0.25, -0.2) is 4.79 Å². The normalized spacial score (nSPS) is 25.5. The van der Waals surface area contributed by atoms with Crippen LogP contribution in [0.2, 0.25) is 0 Å². The molecule has 8 nitrogen and oxygen atoms in total. The van der Waals surface area contributed by atoms with E-state index in [1.165, 1.54) is 0 Å². The van der Waals surface area contributed by atoms with Crippen molar-refractivity contribution < 1.29 is 19.1 Å². The van der Waals surface area contributed by atoms with E-state index in [0.717, 1.165) is 19.4 Å². The summed E-state index contributed by atoms with van der Waals surface area (Å²) in [5.41, 5.74) is 0. The highest BCUT2D eigenvalue weighted by Crippen LogP contribution is 2.24. The molecule has 3 saturated heterocycles. The van der Waals surface area contributed by atoms with Gasteiger partial charge in [0.15, 0.2) is 0 Å². The predicted molar refractivity (Wildman–Crippen MR) is 86.3 cm³/mol. The average molecular weight is 338 g/mol. The van der Waals surface area contributed by atoms with E-state index in [0.29, 0.717) is 45.8 Å². The summed E-state index contributed by atoms with van der Waals surface area (Å²) in [7, 11) is 1.61. The van der Waals surface area contributed by atoms with Crippen molar-refractivity contribution >= 4 is 17.8 Å². The van der Waals surface area contributed by atoms with Crippen LogP contribution in [0.15, 0.2) is 0 Å². The van der Waals surface area contributed by atoms with Gasteiger partial charge in [0.2, 0.25) is 11.8 Å². The molecule has 24 heavy (non-hydrogen) atoms. The Bertz CT molecular complexity index is 504. The minimum Gasteiger partial charge on any atom is -0.383 e. The van der Waals surface area contributed by atoms with Crippen LogP contribution in [-0.4, -0.2) is 91.6 Å². The van der Waals surface area contributed by atoms with E-state index in [2.05, 4.69) is 5.32 Å². The monoisotopic (exact) mass is 338 g/mol. The van der Waals surface area contributed by atoms with Crippen molar-refractivity contribution in [1.82, 2.24) is 20.0 Å². The molecule has 1 atom stereocenters. The number of hydrogen-bond acceptors (Lipinski definition) is 4. The maximum Gasteiger partial charge on any atom is 0.317 e. The van der Waals surface area contributed by atoms with Gasteiger partial charge in [0.05, 0.1) is 12.5 Å². The van der Waals surface area contributed by atoms with E-state index >= 15 is 0 Å². The largest absolute Gasteiger partial charge is 0.383 e. The molecular formula is C16H26N4O4. The summed E-state index contributed by atoms with van der Waals surface area (Å²) in [4.78, 5) is 41.9. The molecule has 0 aliphatic carbocycles. The SMILES string of the molecule is COCCN1CC(C(=O)N2CCC(N3CCNC3=O)CC2)CC1=O. The van der Waals surface area contributed by atoms with Gasteiger partial charge in [-0.15, -0.1) is 0 Å². The van der Waals surface area contributed by atoms with Crippen molar-refractivity contribution in [1.29, 1.82) is 0 Å². The number of ether oxygens (including phenoxy) is 1. The number of nitrogens with zero attached hydrogens (tertiary/aromatic N) is 3. The van der Waals surface area contributed by atoms with Crippen molar-refractivity contribution in [2.24, 2.45) is 5.92 Å². The maximum atomic E-state index is 12.7. The Balaban J connectivity index is 1.48. The van der Waals surface area contributed by atoms with E-state index in [1.54, 1.807) is 12.0 Å². The zero-order valence-corrected chi connectivity index (χ0v) is 14.2. The zero-order chi connectivity index (χ0) is 17.1. The predicted octanol–water partition coefficient (Wildman–Crippen LogP) is -0.502. The van der Waals surface area contributed by atoms with Gasteiger partial charge in [0, 0.05) is 58.8 Å². The second-order valence-electron chi connectivity index (χ2n) is 6.72. The summed E-state index contributed by atoms with van der Waals surface area (Å²) < 4.78 is 5.01. The molecule has 1 unspecified atom stereocenters. The van der Waals surface area contributed by atoms with E-state index in [4.69, 9.17) is 4.74 Å². The van der Waals surface area contributed by atoms with Gasteiger partial charge < -0.3 is 24.8 Å². The summed E-state index contributed by atoms with van der Waals surface area (Å²) in [5, 5.41) is 2.83. The molecule has 1 N–H and O–H groups in total. The van der Waals surface area contributed by atoms with Crippen LogP contribution in [-0.2, 0) is 14.3 Å². The van der Waals surface area contributed by atoms with Crippen LogP contribution in [0, 0.1) is 5.92 Å². The molecule has 4 amide bonds. The van der Waals surface area contributed by atoms with Crippen LogP contribution < -0.4 is 5.32 Å². The lowest BCUT2D eigenvalue weighted by Crippen LogP contribution is -2.49. The Labute approximate surface area is 142 Å². The lowest BCUT2D eigenvalue weighted by atomic mass is 10.0. The smallest absolute Gasteiger partial charge is 0.317 e. The molecule has 0 aromatic carbocycles. The van der Waals surface area contributed by atoms with Gasteiger partial charge in [-0.05, 0) is 12.8 Å². The molecule has 0 aromatic heterocycles. The van der Waals surface area contributed by atoms with Crippen molar-refractivity contribution in [2.45, 2.75) is 25.3 Å². The number of rotatable bonds is 5. The Morgan fingerprint density at radius 1 is 1.25 bits per heavy atom. The molecule has 3 aliphatic rings. The number of likely N-dealkylation sites (tertiary alicyclic amines) is 2. The maximum absolute atomic E-state index is 12.7. The molecule has 8 heteroatoms. The van der Waals surface area contributed by atoms with Gasteiger partial charge in [-0.1, -0.05) is 0 Å². The first-order valence-electron chi connectivity index (χ1n) is 8.70. The first kappa shape index (κ1) is 17.0. The molecule has 0 aromatic rings. The number of nitrogens with one attached hydrogen (secondary N) is 1. The molecule has 0 bridgehead atoms. The first-order chi connectivity index (χ1) is 11.6. The number of carbonyl (C=O) groups excluding carboxylic acids is 3. The van der Waals surface area contributed by atoms with E-state index < -0.39 is 0 Å². The summed E-state index contributed by atoms with van der Waals surface area (Å²) in [6.45, 7) is 4.32. The van der Waals surface area contributed by atoms with Crippen LogP contribution in [0.5, 0.6) is 0 Å². The summed E-state index contributed by atoms with van der Waals surface area (Å²) >= 11 is 0. The summed E-state index contributed by atoms with van der Waals surface area (Å²) in [6.07, 6.45) is 1.93. The quantitative estimate of drug-likeness (QED) is 0.732. The molecule has 0 radical (unpaired) electrons. The molecule has 3 heterocycles. The molecular weight excluding hydrogens is 312 g/mol. The molecule has 3 aliphatic heterocycles. The highest BCUT2D eigenvalue weighted by molar-refractivity contribution is 5.89. The van der Waals surface area contributed by atoms with Crippen LogP contribution in [0.25, 0.3) is 0 Å². The van der Waals surface area contributed by atoms with E-state index in [1.807, 2.05) is 9.80 Å². The summed E-state index contributed by atoms with van der Waals surface area (Å²) in [6, 6.07) is 0.231. The second kappa shape index (κ2) is 7.38. The molecule has 3 rings (SSSR count). The Hall–Kier alpha value is -1.83. The lowest BCUT2D eigenvalue weighted by Gasteiger charge is -2.37. The topological polar surface area (TPSA) is 82.2 Å². The van der Waals surface area contributed by atoms with Crippen LogP contribution in [0.4, 0.5) is 4.79 Å². The Morgan fingerprint density at radius 2 is 2.00 bits per heavy atom. The lowest BCUT2D eigenvalue weighted by molar-refractivity contribution is -0.137. The minimum atomic E-state index is -0.235. The fraction of sp³-hybridized carbons (Fsp3) is 0.812. The van der Waals surface area contributed by atoms with Crippen molar-refractivity contribution in [3.05, 3.63) is 0 Å². The third-order valence-corrected chi connectivity index (χ3v) is 5.24. The molecule has 0 saturated carbocycles. The Kier molecular flexibility index (Phi) is 5.23. The number of methoxy groups -OCH3 is 1. The van der Waals surface area contributed by atoms with Gasteiger partial charge in [-0.2, -0.15) is 0 Å². The molecule has 0 spiro atoms. The number of hydrogen-bond donors (Lipinski definition) is 1. The van der Waals surface area contributed by atoms with Crippen LogP contribution >= 0.6 is 0 Å². The number of carbonyl (C=O) groups is 3. The number of amides is 4. The highest BCUT2D eigenvalue weighted by atomic mass is 16.5. The number of urea groups is 1. The van der Waals surface area contributed by atoms with Crippen LogP contribution in [0.3, 0.4) is 0 Å². The van der Waals surface area contributed by atoms with Crippen molar-refractivity contribution in [3.63, 3.8) is 0 Å².